The maximum Gasteiger partial charge on any atom is 0.219 e. The first kappa shape index (κ1) is 17.4. The molecule has 0 atom stereocenters. The van der Waals surface area contributed by atoms with Crippen molar-refractivity contribution in [2.75, 3.05) is 19.7 Å². The lowest BCUT2D eigenvalue weighted by Gasteiger charge is -2.21. The summed E-state index contributed by atoms with van der Waals surface area (Å²) in [5.41, 5.74) is 5.43. The highest BCUT2D eigenvalue weighted by molar-refractivity contribution is 5.75. The third-order valence-corrected chi connectivity index (χ3v) is 3.91. The van der Waals surface area contributed by atoms with E-state index in [9.17, 15) is 4.79 Å². The molecule has 0 aromatic heterocycles. The number of amides is 1. The number of rotatable bonds is 11. The molecule has 0 bridgehead atoms. The van der Waals surface area contributed by atoms with Gasteiger partial charge in [-0.05, 0) is 38.6 Å². The zero-order chi connectivity index (χ0) is 14.5. The number of nitrogens with two attached hydrogens (primary N) is 1. The van der Waals surface area contributed by atoms with Crippen LogP contribution in [0.25, 0.3) is 0 Å². The lowest BCUT2D eigenvalue weighted by atomic mass is 9.98. The van der Waals surface area contributed by atoms with Crippen LogP contribution < -0.4 is 11.1 Å². The summed E-state index contributed by atoms with van der Waals surface area (Å²) in [7, 11) is 0. The lowest BCUT2D eigenvalue weighted by molar-refractivity contribution is -0.121. The second-order valence-corrected chi connectivity index (χ2v) is 5.79. The summed E-state index contributed by atoms with van der Waals surface area (Å²) in [6.07, 6.45) is 12.8. The molecule has 3 N–H and O–H groups in total. The maximum atomic E-state index is 11.6. The average molecular weight is 284 g/mol. The number of carbonyl (C=O) groups is 1. The molecule has 0 saturated heterocycles. The van der Waals surface area contributed by atoms with Crippen molar-refractivity contribution in [2.24, 2.45) is 5.73 Å². The van der Waals surface area contributed by atoms with Crippen molar-refractivity contribution in [3.05, 3.63) is 0 Å². The van der Waals surface area contributed by atoms with Gasteiger partial charge in [0.15, 0.2) is 0 Å². The van der Waals surface area contributed by atoms with Crippen LogP contribution in [0.5, 0.6) is 0 Å². The molecule has 0 unspecified atom stereocenters. The van der Waals surface area contributed by atoms with Crippen molar-refractivity contribution < 1.29 is 9.53 Å². The molecular formula is C16H32N2O2. The molecular weight excluding hydrogens is 252 g/mol. The van der Waals surface area contributed by atoms with Gasteiger partial charge in [0.1, 0.15) is 0 Å². The zero-order valence-corrected chi connectivity index (χ0v) is 12.9. The number of carbonyl (C=O) groups excluding carboxylic acids is 1. The zero-order valence-electron chi connectivity index (χ0n) is 12.9. The molecule has 1 aliphatic rings. The molecule has 0 spiro atoms. The van der Waals surface area contributed by atoms with E-state index in [1.807, 2.05) is 0 Å². The van der Waals surface area contributed by atoms with Gasteiger partial charge in [0.05, 0.1) is 6.10 Å². The molecule has 118 valence electrons. The summed E-state index contributed by atoms with van der Waals surface area (Å²) in [6.45, 7) is 2.28. The second kappa shape index (κ2) is 12.2. The summed E-state index contributed by atoms with van der Waals surface area (Å²) < 4.78 is 5.83. The number of unbranched alkanes of at least 4 members (excludes halogenated alkanes) is 3. The van der Waals surface area contributed by atoms with Crippen molar-refractivity contribution in [1.29, 1.82) is 0 Å². The van der Waals surface area contributed by atoms with Crippen LogP contribution >= 0.6 is 0 Å². The number of ether oxygens (including phenoxy) is 1. The van der Waals surface area contributed by atoms with Crippen LogP contribution in [-0.2, 0) is 9.53 Å². The monoisotopic (exact) mass is 284 g/mol. The SMILES string of the molecule is NCCCCCCC(=O)NCCCOC1CCCCC1. The Bertz CT molecular complexity index is 241. The fourth-order valence-corrected chi connectivity index (χ4v) is 2.65. The average Bonchev–Trinajstić information content (AvgIpc) is 2.48. The fraction of sp³-hybridized carbons (Fsp3) is 0.938. The molecule has 20 heavy (non-hydrogen) atoms. The molecule has 1 saturated carbocycles. The summed E-state index contributed by atoms with van der Waals surface area (Å²) >= 11 is 0. The minimum absolute atomic E-state index is 0.176. The van der Waals surface area contributed by atoms with Gasteiger partial charge in [0, 0.05) is 19.6 Å². The molecule has 4 nitrogen and oxygen atoms in total. The molecule has 0 aromatic rings. The van der Waals surface area contributed by atoms with E-state index in [0.717, 1.165) is 51.8 Å². The quantitative estimate of drug-likeness (QED) is 0.573. The molecule has 4 heteroatoms. The molecule has 0 aromatic carbocycles. The summed E-state index contributed by atoms with van der Waals surface area (Å²) in [6, 6.07) is 0. The van der Waals surface area contributed by atoms with E-state index in [1.165, 1.54) is 32.1 Å². The Balaban J connectivity index is 1.83. The van der Waals surface area contributed by atoms with Gasteiger partial charge < -0.3 is 15.8 Å². The Labute approximate surface area is 123 Å². The number of nitrogens with one attached hydrogen (secondary N) is 1. The highest BCUT2D eigenvalue weighted by Gasteiger charge is 2.12. The van der Waals surface area contributed by atoms with Crippen LogP contribution in [0, 0.1) is 0 Å². The molecule has 0 aliphatic heterocycles. The van der Waals surface area contributed by atoms with E-state index >= 15 is 0 Å². The van der Waals surface area contributed by atoms with Gasteiger partial charge in [0.25, 0.3) is 0 Å². The van der Waals surface area contributed by atoms with Gasteiger partial charge in [-0.3, -0.25) is 4.79 Å². The van der Waals surface area contributed by atoms with Gasteiger partial charge in [-0.1, -0.05) is 32.1 Å². The Hall–Kier alpha value is -0.610. The third-order valence-electron chi connectivity index (χ3n) is 3.91. The molecule has 0 heterocycles. The van der Waals surface area contributed by atoms with Crippen molar-refractivity contribution in [3.63, 3.8) is 0 Å². The predicted molar refractivity (Wildman–Crippen MR) is 82.6 cm³/mol. The molecule has 1 rings (SSSR count). The third kappa shape index (κ3) is 9.32. The van der Waals surface area contributed by atoms with Crippen molar-refractivity contribution in [2.45, 2.75) is 76.7 Å². The van der Waals surface area contributed by atoms with Gasteiger partial charge in [-0.15, -0.1) is 0 Å². The van der Waals surface area contributed by atoms with E-state index in [4.69, 9.17) is 10.5 Å². The topological polar surface area (TPSA) is 64.4 Å². The van der Waals surface area contributed by atoms with Crippen LogP contribution in [0.15, 0.2) is 0 Å². The van der Waals surface area contributed by atoms with E-state index in [1.54, 1.807) is 0 Å². The first-order chi connectivity index (χ1) is 9.83. The van der Waals surface area contributed by atoms with Gasteiger partial charge in [0.2, 0.25) is 5.91 Å². The summed E-state index contributed by atoms with van der Waals surface area (Å²) in [4.78, 5) is 11.6. The summed E-state index contributed by atoms with van der Waals surface area (Å²) in [5, 5.41) is 2.97. The first-order valence-corrected chi connectivity index (χ1v) is 8.41. The first-order valence-electron chi connectivity index (χ1n) is 8.41. The Morgan fingerprint density at radius 2 is 1.80 bits per heavy atom. The Kier molecular flexibility index (Phi) is 10.6. The highest BCUT2D eigenvalue weighted by Crippen LogP contribution is 2.20. The van der Waals surface area contributed by atoms with E-state index < -0.39 is 0 Å². The number of hydrogen-bond donors (Lipinski definition) is 2. The minimum Gasteiger partial charge on any atom is -0.378 e. The Morgan fingerprint density at radius 1 is 1.05 bits per heavy atom. The Morgan fingerprint density at radius 3 is 2.55 bits per heavy atom. The molecule has 1 fully saturated rings. The maximum absolute atomic E-state index is 11.6. The van der Waals surface area contributed by atoms with E-state index in [-0.39, 0.29) is 5.91 Å². The molecule has 1 amide bonds. The van der Waals surface area contributed by atoms with E-state index in [2.05, 4.69) is 5.32 Å². The standard InChI is InChI=1S/C16H32N2O2/c17-12-7-2-1-6-11-16(19)18-13-8-14-20-15-9-4-3-5-10-15/h15H,1-14,17H2,(H,18,19). The van der Waals surface area contributed by atoms with Crippen molar-refractivity contribution >= 4 is 5.91 Å². The van der Waals surface area contributed by atoms with Crippen molar-refractivity contribution in [3.8, 4) is 0 Å². The number of hydrogen-bond acceptors (Lipinski definition) is 3. The van der Waals surface area contributed by atoms with Crippen LogP contribution in [0.3, 0.4) is 0 Å². The van der Waals surface area contributed by atoms with E-state index in [0.29, 0.717) is 12.5 Å². The van der Waals surface area contributed by atoms with Gasteiger partial charge in [-0.25, -0.2) is 0 Å². The van der Waals surface area contributed by atoms with Crippen molar-refractivity contribution in [1.82, 2.24) is 5.32 Å². The normalized spacial score (nSPS) is 16.2. The fourth-order valence-electron chi connectivity index (χ4n) is 2.65. The van der Waals surface area contributed by atoms with Gasteiger partial charge in [-0.2, -0.15) is 0 Å². The van der Waals surface area contributed by atoms with Crippen LogP contribution in [0.4, 0.5) is 0 Å². The second-order valence-electron chi connectivity index (χ2n) is 5.79. The lowest BCUT2D eigenvalue weighted by Crippen LogP contribution is -2.26. The predicted octanol–water partition coefficient (Wildman–Crippen LogP) is 2.75. The largest absolute Gasteiger partial charge is 0.378 e. The van der Waals surface area contributed by atoms with Gasteiger partial charge >= 0.3 is 0 Å². The smallest absolute Gasteiger partial charge is 0.219 e. The minimum atomic E-state index is 0.176. The highest BCUT2D eigenvalue weighted by atomic mass is 16.5. The van der Waals surface area contributed by atoms with Crippen LogP contribution in [0.1, 0.15) is 70.6 Å². The van der Waals surface area contributed by atoms with Crippen LogP contribution in [-0.4, -0.2) is 31.7 Å². The molecule has 0 radical (unpaired) electrons. The molecule has 1 aliphatic carbocycles. The van der Waals surface area contributed by atoms with Crippen LogP contribution in [0.2, 0.25) is 0 Å². The summed E-state index contributed by atoms with van der Waals surface area (Å²) in [5.74, 6) is 0.176.